The standard InChI is InChI=1S/C18H21N3O3S/c1-21(2)18(15-7-5-8-16(11-15)24-3)13-20-25(22,23)17-9-4-6-14(10-17)12-19/h4-11,18,20H,13H2,1-3H3. The predicted octanol–water partition coefficient (Wildman–Crippen LogP) is 2.15. The molecule has 0 aromatic heterocycles. The lowest BCUT2D eigenvalue weighted by Gasteiger charge is -2.25. The van der Waals surface area contributed by atoms with Gasteiger partial charge in [0.2, 0.25) is 10.0 Å². The van der Waals surface area contributed by atoms with Crippen molar-refractivity contribution in [3.63, 3.8) is 0 Å². The average molecular weight is 359 g/mol. The van der Waals surface area contributed by atoms with Gasteiger partial charge in [-0.2, -0.15) is 5.26 Å². The normalized spacial score (nSPS) is 12.6. The molecule has 0 spiro atoms. The summed E-state index contributed by atoms with van der Waals surface area (Å²) >= 11 is 0. The van der Waals surface area contributed by atoms with Crippen LogP contribution in [0.25, 0.3) is 0 Å². The minimum atomic E-state index is -3.70. The highest BCUT2D eigenvalue weighted by atomic mass is 32.2. The molecule has 0 aliphatic carbocycles. The summed E-state index contributed by atoms with van der Waals surface area (Å²) in [6.45, 7) is 0.194. The minimum Gasteiger partial charge on any atom is -0.497 e. The van der Waals surface area contributed by atoms with Crippen LogP contribution in [-0.4, -0.2) is 41.1 Å². The SMILES string of the molecule is COc1cccc(C(CNS(=O)(=O)c2cccc(C#N)c2)N(C)C)c1. The highest BCUT2D eigenvalue weighted by Crippen LogP contribution is 2.22. The van der Waals surface area contributed by atoms with Crippen molar-refractivity contribution >= 4 is 10.0 Å². The average Bonchev–Trinajstić information content (AvgIpc) is 2.61. The summed E-state index contributed by atoms with van der Waals surface area (Å²) < 4.78 is 32.9. The van der Waals surface area contributed by atoms with E-state index in [9.17, 15) is 8.42 Å². The molecule has 0 aliphatic heterocycles. The summed E-state index contributed by atoms with van der Waals surface area (Å²) in [5.74, 6) is 0.717. The van der Waals surface area contributed by atoms with E-state index < -0.39 is 10.0 Å². The van der Waals surface area contributed by atoms with Crippen molar-refractivity contribution in [1.29, 1.82) is 5.26 Å². The zero-order valence-corrected chi connectivity index (χ0v) is 15.2. The third-order valence-corrected chi connectivity index (χ3v) is 5.26. The first-order valence-electron chi connectivity index (χ1n) is 7.67. The fraction of sp³-hybridized carbons (Fsp3) is 0.278. The molecule has 2 aromatic rings. The number of methoxy groups -OCH3 is 1. The number of likely N-dealkylation sites (N-methyl/N-ethyl adjacent to an activating group) is 1. The van der Waals surface area contributed by atoms with Crippen LogP contribution in [0.1, 0.15) is 17.2 Å². The van der Waals surface area contributed by atoms with E-state index in [4.69, 9.17) is 10.00 Å². The largest absolute Gasteiger partial charge is 0.497 e. The molecule has 2 aromatic carbocycles. The molecule has 0 amide bonds. The number of hydrogen-bond donors (Lipinski definition) is 1. The van der Waals surface area contributed by atoms with E-state index in [-0.39, 0.29) is 17.5 Å². The number of nitriles is 1. The fourth-order valence-corrected chi connectivity index (χ4v) is 3.54. The van der Waals surface area contributed by atoms with Crippen LogP contribution in [-0.2, 0) is 10.0 Å². The van der Waals surface area contributed by atoms with Crippen molar-refractivity contribution in [2.45, 2.75) is 10.9 Å². The van der Waals surface area contributed by atoms with Gasteiger partial charge < -0.3 is 9.64 Å². The molecular formula is C18H21N3O3S. The smallest absolute Gasteiger partial charge is 0.240 e. The van der Waals surface area contributed by atoms with Gasteiger partial charge in [-0.15, -0.1) is 0 Å². The van der Waals surface area contributed by atoms with Crippen LogP contribution in [0, 0.1) is 11.3 Å². The zero-order valence-electron chi connectivity index (χ0n) is 14.4. The number of sulfonamides is 1. The molecule has 6 nitrogen and oxygen atoms in total. The number of nitrogens with one attached hydrogen (secondary N) is 1. The zero-order chi connectivity index (χ0) is 18.4. The Kier molecular flexibility index (Phi) is 6.15. The minimum absolute atomic E-state index is 0.0784. The molecule has 0 aliphatic rings. The molecule has 1 unspecified atom stereocenters. The van der Waals surface area contributed by atoms with E-state index in [1.54, 1.807) is 19.2 Å². The van der Waals surface area contributed by atoms with Gasteiger partial charge >= 0.3 is 0 Å². The number of nitrogens with zero attached hydrogens (tertiary/aromatic N) is 2. The van der Waals surface area contributed by atoms with Crippen LogP contribution in [0.15, 0.2) is 53.4 Å². The molecule has 1 atom stereocenters. The van der Waals surface area contributed by atoms with Gasteiger partial charge in [0, 0.05) is 12.6 Å². The quantitative estimate of drug-likeness (QED) is 0.819. The maximum absolute atomic E-state index is 12.5. The first kappa shape index (κ1) is 18.9. The number of rotatable bonds is 7. The van der Waals surface area contributed by atoms with Crippen LogP contribution in [0.4, 0.5) is 0 Å². The highest BCUT2D eigenvalue weighted by molar-refractivity contribution is 7.89. The molecule has 1 N–H and O–H groups in total. The van der Waals surface area contributed by atoms with E-state index in [2.05, 4.69) is 4.72 Å². The molecule has 0 saturated heterocycles. The Balaban J connectivity index is 2.21. The third-order valence-electron chi connectivity index (χ3n) is 3.84. The summed E-state index contributed by atoms with van der Waals surface area (Å²) in [6, 6.07) is 15.3. The Labute approximate surface area is 148 Å². The Hall–Kier alpha value is -2.40. The topological polar surface area (TPSA) is 82.4 Å². The molecule has 0 radical (unpaired) electrons. The van der Waals surface area contributed by atoms with E-state index in [1.165, 1.54) is 12.1 Å². The summed E-state index contributed by atoms with van der Waals surface area (Å²) in [6.07, 6.45) is 0. The predicted molar refractivity (Wildman–Crippen MR) is 95.8 cm³/mol. The van der Waals surface area contributed by atoms with Crippen molar-refractivity contribution in [2.75, 3.05) is 27.7 Å². The van der Waals surface area contributed by atoms with Gasteiger partial charge in [-0.05, 0) is 50.0 Å². The first-order valence-corrected chi connectivity index (χ1v) is 9.16. The van der Waals surface area contributed by atoms with Crippen molar-refractivity contribution in [3.8, 4) is 11.8 Å². The lowest BCUT2D eigenvalue weighted by atomic mass is 10.1. The maximum Gasteiger partial charge on any atom is 0.240 e. The van der Waals surface area contributed by atoms with E-state index in [0.717, 1.165) is 5.56 Å². The van der Waals surface area contributed by atoms with Gasteiger partial charge in [0.1, 0.15) is 5.75 Å². The lowest BCUT2D eigenvalue weighted by Crippen LogP contribution is -2.34. The molecule has 0 bridgehead atoms. The Morgan fingerprint density at radius 3 is 2.56 bits per heavy atom. The van der Waals surface area contributed by atoms with Crippen molar-refractivity contribution in [1.82, 2.24) is 9.62 Å². The van der Waals surface area contributed by atoms with Crippen LogP contribution >= 0.6 is 0 Å². The van der Waals surface area contributed by atoms with Gasteiger partial charge in [0.25, 0.3) is 0 Å². The maximum atomic E-state index is 12.5. The molecule has 25 heavy (non-hydrogen) atoms. The van der Waals surface area contributed by atoms with Crippen molar-refractivity contribution < 1.29 is 13.2 Å². The van der Waals surface area contributed by atoms with Gasteiger partial charge in [0.15, 0.2) is 0 Å². The number of ether oxygens (including phenoxy) is 1. The summed E-state index contributed by atoms with van der Waals surface area (Å²) in [7, 11) is 1.66. The summed E-state index contributed by atoms with van der Waals surface area (Å²) in [5, 5.41) is 8.93. The van der Waals surface area contributed by atoms with Crippen LogP contribution < -0.4 is 9.46 Å². The van der Waals surface area contributed by atoms with Crippen molar-refractivity contribution in [3.05, 3.63) is 59.7 Å². The molecular weight excluding hydrogens is 338 g/mol. The van der Waals surface area contributed by atoms with Gasteiger partial charge in [-0.25, -0.2) is 13.1 Å². The molecule has 7 heteroatoms. The number of hydrogen-bond acceptors (Lipinski definition) is 5. The fourth-order valence-electron chi connectivity index (χ4n) is 2.45. The lowest BCUT2D eigenvalue weighted by molar-refractivity contribution is 0.298. The van der Waals surface area contributed by atoms with Gasteiger partial charge in [-0.3, -0.25) is 0 Å². The molecule has 0 heterocycles. The Morgan fingerprint density at radius 1 is 1.20 bits per heavy atom. The van der Waals surface area contributed by atoms with Crippen LogP contribution in [0.2, 0.25) is 0 Å². The summed E-state index contributed by atoms with van der Waals surface area (Å²) in [4.78, 5) is 2.01. The molecule has 2 rings (SSSR count). The van der Waals surface area contributed by atoms with E-state index in [1.807, 2.05) is 49.3 Å². The second-order valence-electron chi connectivity index (χ2n) is 5.75. The Morgan fingerprint density at radius 2 is 1.92 bits per heavy atom. The van der Waals surface area contributed by atoms with E-state index >= 15 is 0 Å². The second kappa shape index (κ2) is 8.12. The van der Waals surface area contributed by atoms with Gasteiger partial charge in [-0.1, -0.05) is 18.2 Å². The summed E-state index contributed by atoms with van der Waals surface area (Å²) in [5.41, 5.74) is 1.25. The monoisotopic (exact) mass is 359 g/mol. The van der Waals surface area contributed by atoms with Crippen molar-refractivity contribution in [2.24, 2.45) is 0 Å². The van der Waals surface area contributed by atoms with Gasteiger partial charge in [0.05, 0.1) is 23.6 Å². The molecule has 0 saturated carbocycles. The van der Waals surface area contributed by atoms with E-state index in [0.29, 0.717) is 11.3 Å². The first-order chi connectivity index (χ1) is 11.9. The van der Waals surface area contributed by atoms with Crippen LogP contribution in [0.5, 0.6) is 5.75 Å². The Bertz CT molecular complexity index is 873. The second-order valence-corrected chi connectivity index (χ2v) is 7.51. The van der Waals surface area contributed by atoms with Crippen LogP contribution in [0.3, 0.4) is 0 Å². The third kappa shape index (κ3) is 4.79. The number of benzene rings is 2. The highest BCUT2D eigenvalue weighted by Gasteiger charge is 2.20. The molecule has 0 fully saturated rings. The molecule has 132 valence electrons.